The molecule has 1 aromatic carbocycles. The summed E-state index contributed by atoms with van der Waals surface area (Å²) in [4.78, 5) is 13.9. The lowest BCUT2D eigenvalue weighted by Crippen LogP contribution is -2.50. The molecule has 0 aliphatic carbocycles. The monoisotopic (exact) mass is 344 g/mol. The first-order valence-electron chi connectivity index (χ1n) is 7.85. The number of hydrogen-bond acceptors (Lipinski definition) is 3. The van der Waals surface area contributed by atoms with Crippen LogP contribution >= 0.6 is 0 Å². The van der Waals surface area contributed by atoms with Crippen molar-refractivity contribution in [3.05, 3.63) is 35.4 Å². The quantitative estimate of drug-likeness (QED) is 0.897. The van der Waals surface area contributed by atoms with Crippen molar-refractivity contribution in [2.75, 3.05) is 32.9 Å². The number of amides is 2. The maximum absolute atomic E-state index is 12.6. The van der Waals surface area contributed by atoms with Crippen LogP contribution in [0.15, 0.2) is 24.3 Å². The summed E-state index contributed by atoms with van der Waals surface area (Å²) in [5.74, 6) is 0. The molecule has 24 heavy (non-hydrogen) atoms. The summed E-state index contributed by atoms with van der Waals surface area (Å²) in [6.45, 7) is 2.27. The standard InChI is InChI=1S/C16H19F3N2O3/c17-16(18,19)12-3-1-11(2-4-12)14-9-21(6-8-24-14)15(22)20-13-5-7-23-10-13/h1-4,13-14H,5-10H2,(H,20,22)/t13-,14+/m1/s1. The predicted molar refractivity (Wildman–Crippen MR) is 79.5 cm³/mol. The van der Waals surface area contributed by atoms with Gasteiger partial charge in [0.1, 0.15) is 6.10 Å². The molecule has 2 saturated heterocycles. The molecule has 2 aliphatic heterocycles. The molecular weight excluding hydrogens is 325 g/mol. The van der Waals surface area contributed by atoms with E-state index >= 15 is 0 Å². The van der Waals surface area contributed by atoms with Crippen LogP contribution in [0.3, 0.4) is 0 Å². The van der Waals surface area contributed by atoms with Crippen LogP contribution in [0.4, 0.5) is 18.0 Å². The van der Waals surface area contributed by atoms with E-state index in [9.17, 15) is 18.0 Å². The fourth-order valence-corrected chi connectivity index (χ4v) is 2.84. The van der Waals surface area contributed by atoms with E-state index in [0.717, 1.165) is 18.6 Å². The van der Waals surface area contributed by atoms with E-state index < -0.39 is 17.8 Å². The summed E-state index contributed by atoms with van der Waals surface area (Å²) < 4.78 is 48.7. The Kier molecular flexibility index (Phi) is 4.96. The summed E-state index contributed by atoms with van der Waals surface area (Å²) in [5, 5.41) is 2.91. The number of rotatable bonds is 2. The molecule has 0 radical (unpaired) electrons. The largest absolute Gasteiger partial charge is 0.416 e. The lowest BCUT2D eigenvalue weighted by molar-refractivity contribution is -0.137. The van der Waals surface area contributed by atoms with E-state index in [1.54, 1.807) is 4.90 Å². The van der Waals surface area contributed by atoms with Crippen molar-refractivity contribution < 1.29 is 27.4 Å². The van der Waals surface area contributed by atoms with E-state index in [4.69, 9.17) is 9.47 Å². The summed E-state index contributed by atoms with van der Waals surface area (Å²) in [7, 11) is 0. The third-order valence-corrected chi connectivity index (χ3v) is 4.22. The van der Waals surface area contributed by atoms with Crippen molar-refractivity contribution >= 4 is 6.03 Å². The van der Waals surface area contributed by atoms with Crippen molar-refractivity contribution in [1.29, 1.82) is 0 Å². The van der Waals surface area contributed by atoms with Crippen molar-refractivity contribution in [2.45, 2.75) is 24.7 Å². The van der Waals surface area contributed by atoms with Gasteiger partial charge in [-0.25, -0.2) is 4.79 Å². The van der Waals surface area contributed by atoms with Crippen molar-refractivity contribution in [3.8, 4) is 0 Å². The second-order valence-corrected chi connectivity index (χ2v) is 5.94. The fourth-order valence-electron chi connectivity index (χ4n) is 2.84. The van der Waals surface area contributed by atoms with E-state index in [1.807, 2.05) is 0 Å². The predicted octanol–water partition coefficient (Wildman–Crippen LogP) is 2.58. The molecule has 2 amide bonds. The lowest BCUT2D eigenvalue weighted by Gasteiger charge is -2.33. The summed E-state index contributed by atoms with van der Waals surface area (Å²) in [6, 6.07) is 4.70. The molecule has 0 unspecified atom stereocenters. The first kappa shape index (κ1) is 17.0. The van der Waals surface area contributed by atoms with Gasteiger partial charge < -0.3 is 19.7 Å². The van der Waals surface area contributed by atoms with Gasteiger partial charge in [0, 0.05) is 13.2 Å². The lowest BCUT2D eigenvalue weighted by atomic mass is 10.1. The van der Waals surface area contributed by atoms with Crippen molar-refractivity contribution in [1.82, 2.24) is 10.2 Å². The van der Waals surface area contributed by atoms with Crippen LogP contribution in [0, 0.1) is 0 Å². The highest BCUT2D eigenvalue weighted by Crippen LogP contribution is 2.31. The number of urea groups is 1. The Labute approximate surface area is 137 Å². The number of benzene rings is 1. The first-order chi connectivity index (χ1) is 11.4. The molecule has 3 rings (SSSR count). The number of hydrogen-bond donors (Lipinski definition) is 1. The van der Waals surface area contributed by atoms with E-state index in [1.165, 1.54) is 12.1 Å². The van der Waals surface area contributed by atoms with Crippen LogP contribution in [0.5, 0.6) is 0 Å². The van der Waals surface area contributed by atoms with Gasteiger partial charge in [-0.2, -0.15) is 13.2 Å². The topological polar surface area (TPSA) is 50.8 Å². The fraction of sp³-hybridized carbons (Fsp3) is 0.562. The Morgan fingerprint density at radius 1 is 1.21 bits per heavy atom. The number of carbonyl (C=O) groups is 1. The summed E-state index contributed by atoms with van der Waals surface area (Å²) in [6.07, 6.45) is -3.99. The second-order valence-electron chi connectivity index (χ2n) is 5.94. The molecule has 0 saturated carbocycles. The molecule has 0 bridgehead atoms. The Bertz CT molecular complexity index is 571. The van der Waals surface area contributed by atoms with Gasteiger partial charge in [0.05, 0.1) is 31.4 Å². The molecule has 1 N–H and O–H groups in total. The summed E-state index contributed by atoms with van der Waals surface area (Å²) >= 11 is 0. The van der Waals surface area contributed by atoms with Gasteiger partial charge in [0.2, 0.25) is 0 Å². The maximum Gasteiger partial charge on any atom is 0.416 e. The smallest absolute Gasteiger partial charge is 0.379 e. The zero-order valence-electron chi connectivity index (χ0n) is 13.0. The van der Waals surface area contributed by atoms with E-state index in [0.29, 0.717) is 38.5 Å². The van der Waals surface area contributed by atoms with Crippen LogP contribution in [0.25, 0.3) is 0 Å². The van der Waals surface area contributed by atoms with Crippen LogP contribution in [-0.4, -0.2) is 49.9 Å². The van der Waals surface area contributed by atoms with E-state index in [2.05, 4.69) is 5.32 Å². The molecular formula is C16H19F3N2O3. The molecule has 5 nitrogen and oxygen atoms in total. The van der Waals surface area contributed by atoms with Gasteiger partial charge >= 0.3 is 12.2 Å². The molecule has 2 atom stereocenters. The van der Waals surface area contributed by atoms with Gasteiger partial charge in [-0.05, 0) is 24.1 Å². The minimum atomic E-state index is -4.36. The Morgan fingerprint density at radius 3 is 2.58 bits per heavy atom. The van der Waals surface area contributed by atoms with Crippen LogP contribution < -0.4 is 5.32 Å². The first-order valence-corrected chi connectivity index (χ1v) is 7.85. The molecule has 0 aromatic heterocycles. The highest BCUT2D eigenvalue weighted by atomic mass is 19.4. The van der Waals surface area contributed by atoms with Gasteiger partial charge in [0.15, 0.2) is 0 Å². The van der Waals surface area contributed by atoms with Crippen LogP contribution in [0.1, 0.15) is 23.7 Å². The molecule has 8 heteroatoms. The van der Waals surface area contributed by atoms with Gasteiger partial charge in [-0.1, -0.05) is 12.1 Å². The number of halogens is 3. The zero-order valence-corrected chi connectivity index (χ0v) is 13.0. The molecule has 2 fully saturated rings. The van der Waals surface area contributed by atoms with E-state index in [-0.39, 0.29) is 12.1 Å². The third kappa shape index (κ3) is 3.99. The zero-order chi connectivity index (χ0) is 17.2. The maximum atomic E-state index is 12.6. The minimum absolute atomic E-state index is 0.0184. The molecule has 0 spiro atoms. The molecule has 1 aromatic rings. The number of ether oxygens (including phenoxy) is 2. The molecule has 132 valence electrons. The second kappa shape index (κ2) is 6.98. The summed E-state index contributed by atoms with van der Waals surface area (Å²) in [5.41, 5.74) is -0.0670. The third-order valence-electron chi connectivity index (χ3n) is 4.22. The Balaban J connectivity index is 1.61. The molecule has 2 aliphatic rings. The van der Waals surface area contributed by atoms with Crippen LogP contribution in [0.2, 0.25) is 0 Å². The number of morpholine rings is 1. The highest BCUT2D eigenvalue weighted by molar-refractivity contribution is 5.74. The number of carbonyl (C=O) groups excluding carboxylic acids is 1. The van der Waals surface area contributed by atoms with Gasteiger partial charge in [-0.15, -0.1) is 0 Å². The SMILES string of the molecule is O=C(N[C@@H]1CCOC1)N1CCO[C@H](c2ccc(C(F)(F)F)cc2)C1. The Morgan fingerprint density at radius 2 is 1.96 bits per heavy atom. The van der Waals surface area contributed by atoms with Crippen LogP contribution in [-0.2, 0) is 15.7 Å². The van der Waals surface area contributed by atoms with Gasteiger partial charge in [0.25, 0.3) is 0 Å². The Hall–Kier alpha value is -1.80. The minimum Gasteiger partial charge on any atom is -0.379 e. The highest BCUT2D eigenvalue weighted by Gasteiger charge is 2.31. The van der Waals surface area contributed by atoms with Gasteiger partial charge in [-0.3, -0.25) is 0 Å². The van der Waals surface area contributed by atoms with Crippen molar-refractivity contribution in [3.63, 3.8) is 0 Å². The molecule has 2 heterocycles. The number of nitrogens with zero attached hydrogens (tertiary/aromatic N) is 1. The van der Waals surface area contributed by atoms with Crippen molar-refractivity contribution in [2.24, 2.45) is 0 Å². The average Bonchev–Trinajstić information content (AvgIpc) is 3.07. The average molecular weight is 344 g/mol. The number of alkyl halides is 3. The number of nitrogens with one attached hydrogen (secondary N) is 1. The normalized spacial score (nSPS) is 24.9.